The van der Waals surface area contributed by atoms with Crippen molar-refractivity contribution in [3.8, 4) is 22.3 Å². The van der Waals surface area contributed by atoms with E-state index in [1.165, 1.54) is 106 Å². The molecule has 0 spiro atoms. The molecule has 0 aliphatic heterocycles. The van der Waals surface area contributed by atoms with Crippen molar-refractivity contribution in [3.63, 3.8) is 0 Å². The molecule has 0 amide bonds. The van der Waals surface area contributed by atoms with Gasteiger partial charge in [-0.15, -0.1) is 22.7 Å². The smallest absolute Gasteiger partial charge is 0.0542 e. The van der Waals surface area contributed by atoms with Gasteiger partial charge in [0.2, 0.25) is 0 Å². The van der Waals surface area contributed by atoms with Crippen molar-refractivity contribution < 1.29 is 0 Å². The first-order chi connectivity index (χ1) is 23.7. The summed E-state index contributed by atoms with van der Waals surface area (Å²) in [5.74, 6) is 0. The molecule has 0 nitrogen and oxygen atoms in total. The van der Waals surface area contributed by atoms with Crippen LogP contribution in [0.4, 0.5) is 0 Å². The molecular weight excluding hydrogens is 617 g/mol. The Kier molecular flexibility index (Phi) is 5.51. The van der Waals surface area contributed by atoms with Crippen molar-refractivity contribution in [2.45, 2.75) is 0 Å². The van der Waals surface area contributed by atoms with Crippen LogP contribution in [0, 0.1) is 0 Å². The zero-order valence-electron chi connectivity index (χ0n) is 25.8. The van der Waals surface area contributed by atoms with Crippen LogP contribution >= 0.6 is 22.7 Å². The quantitative estimate of drug-likeness (QED) is 0.165. The Labute approximate surface area is 284 Å². The average Bonchev–Trinajstić information content (AvgIpc) is 3.67. The lowest BCUT2D eigenvalue weighted by Gasteiger charge is -2.12. The normalized spacial score (nSPS) is 12.2. The summed E-state index contributed by atoms with van der Waals surface area (Å²) in [6.45, 7) is 0. The van der Waals surface area contributed by atoms with Crippen LogP contribution in [0.1, 0.15) is 0 Å². The number of rotatable bonds is 2. The van der Waals surface area contributed by atoms with E-state index in [-0.39, 0.29) is 0 Å². The molecule has 11 rings (SSSR count). The number of fused-ring (bicyclic) bond motifs is 11. The Morgan fingerprint density at radius 2 is 0.729 bits per heavy atom. The summed E-state index contributed by atoms with van der Waals surface area (Å²) in [7, 11) is 0. The average molecular weight is 643 g/mol. The first-order valence-electron chi connectivity index (χ1n) is 16.4. The van der Waals surface area contributed by atoms with Gasteiger partial charge in [-0.05, 0) is 125 Å². The van der Waals surface area contributed by atoms with Crippen molar-refractivity contribution in [1.82, 2.24) is 0 Å². The summed E-state index contributed by atoms with van der Waals surface area (Å²) < 4.78 is 5.57. The third kappa shape index (κ3) is 3.94. The summed E-state index contributed by atoms with van der Waals surface area (Å²) in [4.78, 5) is 0. The van der Waals surface area contributed by atoms with Gasteiger partial charge in [-0.2, -0.15) is 0 Å². The van der Waals surface area contributed by atoms with Gasteiger partial charge in [0.1, 0.15) is 0 Å². The Morgan fingerprint density at radius 1 is 0.271 bits per heavy atom. The Bertz CT molecular complexity index is 3120. The van der Waals surface area contributed by atoms with Crippen molar-refractivity contribution >= 4 is 106 Å². The minimum absolute atomic E-state index is 1.25. The van der Waals surface area contributed by atoms with Gasteiger partial charge in [-0.1, -0.05) is 109 Å². The van der Waals surface area contributed by atoms with Crippen LogP contribution in [0.3, 0.4) is 0 Å². The standard InChI is InChI=1S/C46H26S2/c1-2-8-28-25-43-41(22-27(28)7-1)45-46(47-43)42-23-33-16-15-32(21-36(33)26-44(42)48-45)29-13-14-31-20-35(18-17-30(31)19-29)40-24-34-9-3-4-10-37(34)38-11-5-6-12-39(38)40/h1-26H. The van der Waals surface area contributed by atoms with E-state index >= 15 is 0 Å². The van der Waals surface area contributed by atoms with Crippen LogP contribution < -0.4 is 0 Å². The largest absolute Gasteiger partial charge is 0.134 e. The van der Waals surface area contributed by atoms with Gasteiger partial charge < -0.3 is 0 Å². The van der Waals surface area contributed by atoms with Gasteiger partial charge in [-0.25, -0.2) is 0 Å². The van der Waals surface area contributed by atoms with Crippen molar-refractivity contribution in [2.24, 2.45) is 0 Å². The van der Waals surface area contributed by atoms with Gasteiger partial charge in [0, 0.05) is 20.2 Å². The van der Waals surface area contributed by atoms with Crippen molar-refractivity contribution in [3.05, 3.63) is 158 Å². The molecule has 2 aromatic heterocycles. The summed E-state index contributed by atoms with van der Waals surface area (Å²) >= 11 is 3.87. The van der Waals surface area contributed by atoms with E-state index in [9.17, 15) is 0 Å². The van der Waals surface area contributed by atoms with E-state index in [4.69, 9.17) is 0 Å². The first-order valence-corrected chi connectivity index (χ1v) is 18.0. The second-order valence-corrected chi connectivity index (χ2v) is 15.0. The Morgan fingerprint density at radius 3 is 1.42 bits per heavy atom. The molecule has 0 radical (unpaired) electrons. The highest BCUT2D eigenvalue weighted by Gasteiger charge is 2.15. The molecule has 0 aliphatic carbocycles. The van der Waals surface area contributed by atoms with E-state index in [1.807, 2.05) is 22.7 Å². The maximum absolute atomic E-state index is 2.40. The topological polar surface area (TPSA) is 0 Å². The highest BCUT2D eigenvalue weighted by atomic mass is 32.1. The molecule has 0 aliphatic rings. The van der Waals surface area contributed by atoms with Crippen LogP contribution in [0.2, 0.25) is 0 Å². The molecule has 9 aromatic carbocycles. The predicted octanol–water partition coefficient (Wildman–Crippen LogP) is 14.4. The number of hydrogen-bond acceptors (Lipinski definition) is 2. The zero-order chi connectivity index (χ0) is 31.3. The predicted molar refractivity (Wildman–Crippen MR) is 213 cm³/mol. The highest BCUT2D eigenvalue weighted by Crippen LogP contribution is 2.46. The zero-order valence-corrected chi connectivity index (χ0v) is 27.5. The van der Waals surface area contributed by atoms with Crippen molar-refractivity contribution in [2.75, 3.05) is 0 Å². The maximum atomic E-state index is 2.40. The molecular formula is C46H26S2. The molecule has 0 fully saturated rings. The molecule has 0 atom stereocenters. The fourth-order valence-corrected chi connectivity index (χ4v) is 10.4. The lowest BCUT2D eigenvalue weighted by atomic mass is 9.91. The molecule has 0 unspecified atom stereocenters. The second-order valence-electron chi connectivity index (χ2n) is 12.9. The minimum atomic E-state index is 1.25. The van der Waals surface area contributed by atoms with E-state index < -0.39 is 0 Å². The van der Waals surface area contributed by atoms with Crippen LogP contribution in [-0.2, 0) is 0 Å². The molecule has 0 N–H and O–H groups in total. The van der Waals surface area contributed by atoms with Gasteiger partial charge >= 0.3 is 0 Å². The molecule has 0 bridgehead atoms. The molecule has 0 saturated heterocycles. The fourth-order valence-electron chi connectivity index (χ4n) is 7.75. The van der Waals surface area contributed by atoms with Crippen LogP contribution in [0.25, 0.3) is 106 Å². The first kappa shape index (κ1) is 26.5. The van der Waals surface area contributed by atoms with Gasteiger partial charge in [-0.3, -0.25) is 0 Å². The van der Waals surface area contributed by atoms with Gasteiger partial charge in [0.25, 0.3) is 0 Å². The fraction of sp³-hybridized carbons (Fsp3) is 0. The monoisotopic (exact) mass is 642 g/mol. The summed E-state index contributed by atoms with van der Waals surface area (Å²) in [6, 6.07) is 58.9. The maximum Gasteiger partial charge on any atom is 0.0542 e. The summed E-state index contributed by atoms with van der Waals surface area (Å²) in [5, 5.41) is 15.7. The lowest BCUT2D eigenvalue weighted by Crippen LogP contribution is -1.86. The second kappa shape index (κ2) is 9.98. The molecule has 0 saturated carbocycles. The number of thiophene rings is 2. The highest BCUT2D eigenvalue weighted by molar-refractivity contribution is 7.36. The summed E-state index contributed by atoms with van der Waals surface area (Å²) in [5.41, 5.74) is 5.04. The number of hydrogen-bond donors (Lipinski definition) is 0. The van der Waals surface area contributed by atoms with Crippen molar-refractivity contribution in [1.29, 1.82) is 0 Å². The van der Waals surface area contributed by atoms with E-state index in [1.54, 1.807) is 0 Å². The van der Waals surface area contributed by atoms with Crippen LogP contribution in [0.15, 0.2) is 158 Å². The SMILES string of the molecule is c1ccc2cc3c(cc2c1)sc1c2cc4ccc(-c5ccc6cc(-c7cc8ccccc8c8ccccc78)ccc6c5)cc4cc2sc31. The molecule has 2 heteroatoms. The minimum Gasteiger partial charge on any atom is -0.134 e. The van der Waals surface area contributed by atoms with E-state index in [2.05, 4.69) is 158 Å². The summed E-state index contributed by atoms with van der Waals surface area (Å²) in [6.07, 6.45) is 0. The van der Waals surface area contributed by atoms with Crippen LogP contribution in [0.5, 0.6) is 0 Å². The molecule has 222 valence electrons. The van der Waals surface area contributed by atoms with Gasteiger partial charge in [0.05, 0.1) is 9.40 Å². The molecule has 48 heavy (non-hydrogen) atoms. The lowest BCUT2D eigenvalue weighted by molar-refractivity contribution is 1.67. The molecule has 2 heterocycles. The third-order valence-electron chi connectivity index (χ3n) is 10.2. The van der Waals surface area contributed by atoms with Crippen LogP contribution in [-0.4, -0.2) is 0 Å². The molecule has 11 aromatic rings. The van der Waals surface area contributed by atoms with Gasteiger partial charge in [0.15, 0.2) is 0 Å². The van der Waals surface area contributed by atoms with E-state index in [0.29, 0.717) is 0 Å². The number of benzene rings is 9. The Hall–Kier alpha value is -5.54. The third-order valence-corrected chi connectivity index (χ3v) is 12.7. The van der Waals surface area contributed by atoms with E-state index in [0.717, 1.165) is 0 Å². The Balaban J connectivity index is 0.997.